The van der Waals surface area contributed by atoms with Gasteiger partial charge in [0.1, 0.15) is 0 Å². The number of rotatable bonds is 8. The Labute approximate surface area is 114 Å². The van der Waals surface area contributed by atoms with Crippen LogP contribution >= 0.6 is 0 Å². The number of nitrogens with one attached hydrogen (secondary N) is 1. The summed E-state index contributed by atoms with van der Waals surface area (Å²) in [7, 11) is 0. The lowest BCUT2D eigenvalue weighted by Crippen LogP contribution is -2.24. The summed E-state index contributed by atoms with van der Waals surface area (Å²) in [6.45, 7) is 7.22. The molecule has 19 heavy (non-hydrogen) atoms. The molecule has 0 aliphatic carbocycles. The van der Waals surface area contributed by atoms with Crippen molar-refractivity contribution in [1.82, 2.24) is 9.97 Å². The van der Waals surface area contributed by atoms with Crippen LogP contribution in [0.4, 0.5) is 5.82 Å². The fourth-order valence-electron chi connectivity index (χ4n) is 1.89. The molecule has 1 aromatic heterocycles. The van der Waals surface area contributed by atoms with Gasteiger partial charge in [-0.1, -0.05) is 40.0 Å². The molecule has 5 nitrogen and oxygen atoms in total. The molecule has 1 heterocycles. The van der Waals surface area contributed by atoms with E-state index in [0.717, 1.165) is 6.42 Å². The molecule has 1 aromatic rings. The predicted molar refractivity (Wildman–Crippen MR) is 75.4 cm³/mol. The highest BCUT2D eigenvalue weighted by molar-refractivity contribution is 5.90. The van der Waals surface area contributed by atoms with Crippen molar-refractivity contribution >= 4 is 11.8 Å². The average molecular weight is 265 g/mol. The molecule has 0 radical (unpaired) electrons. The highest BCUT2D eigenvalue weighted by atomic mass is 16.4. The molecular weight excluding hydrogens is 242 g/mol. The molecule has 0 spiro atoms. The predicted octanol–water partition coefficient (Wildman–Crippen LogP) is 3.19. The molecule has 0 saturated heterocycles. The largest absolute Gasteiger partial charge is 0.476 e. The number of nitrogens with zero attached hydrogens (tertiary/aromatic N) is 2. The van der Waals surface area contributed by atoms with Gasteiger partial charge in [-0.05, 0) is 11.8 Å². The van der Waals surface area contributed by atoms with Crippen LogP contribution in [0.3, 0.4) is 0 Å². The van der Waals surface area contributed by atoms with E-state index < -0.39 is 5.97 Å². The first-order valence-electron chi connectivity index (χ1n) is 6.74. The molecule has 106 valence electrons. The summed E-state index contributed by atoms with van der Waals surface area (Å²) in [6.07, 6.45) is 7.62. The number of hydrogen-bond acceptors (Lipinski definition) is 4. The van der Waals surface area contributed by atoms with Crippen LogP contribution in [0.15, 0.2) is 12.4 Å². The number of anilines is 1. The number of unbranched alkanes of at least 4 members (excludes halogenated alkanes) is 2. The molecule has 0 fully saturated rings. The number of aromatic carboxylic acids is 1. The second-order valence-electron chi connectivity index (χ2n) is 5.53. The average Bonchev–Trinajstić information content (AvgIpc) is 2.37. The zero-order valence-electron chi connectivity index (χ0n) is 11.9. The first kappa shape index (κ1) is 15.4. The van der Waals surface area contributed by atoms with E-state index in [-0.39, 0.29) is 11.1 Å². The van der Waals surface area contributed by atoms with Crippen LogP contribution in [0.25, 0.3) is 0 Å². The standard InChI is InChI=1S/C14H23N3O2/c1-4-5-6-7-14(2,3)10-17-12-11(13(18)19)15-8-9-16-12/h8-9H,4-7,10H2,1-3H3,(H,16,17)(H,18,19). The van der Waals surface area contributed by atoms with Gasteiger partial charge in [0.15, 0.2) is 11.5 Å². The van der Waals surface area contributed by atoms with E-state index in [1.54, 1.807) is 0 Å². The van der Waals surface area contributed by atoms with E-state index in [0.29, 0.717) is 12.4 Å². The topological polar surface area (TPSA) is 75.1 Å². The fraction of sp³-hybridized carbons (Fsp3) is 0.643. The fourth-order valence-corrected chi connectivity index (χ4v) is 1.89. The molecular formula is C14H23N3O2. The highest BCUT2D eigenvalue weighted by Crippen LogP contribution is 2.24. The van der Waals surface area contributed by atoms with Gasteiger partial charge < -0.3 is 10.4 Å². The lowest BCUT2D eigenvalue weighted by molar-refractivity contribution is 0.0691. The van der Waals surface area contributed by atoms with Crippen LogP contribution in [0.2, 0.25) is 0 Å². The van der Waals surface area contributed by atoms with Crippen LogP contribution < -0.4 is 5.32 Å². The van der Waals surface area contributed by atoms with E-state index in [9.17, 15) is 4.79 Å². The minimum Gasteiger partial charge on any atom is -0.476 e. The molecule has 0 atom stereocenters. The van der Waals surface area contributed by atoms with Gasteiger partial charge in [0.25, 0.3) is 0 Å². The molecule has 0 unspecified atom stereocenters. The highest BCUT2D eigenvalue weighted by Gasteiger charge is 2.19. The van der Waals surface area contributed by atoms with Crippen molar-refractivity contribution in [3.05, 3.63) is 18.1 Å². The first-order valence-corrected chi connectivity index (χ1v) is 6.74. The second-order valence-corrected chi connectivity index (χ2v) is 5.53. The zero-order valence-corrected chi connectivity index (χ0v) is 11.9. The number of carboxylic acids is 1. The first-order chi connectivity index (χ1) is 8.96. The number of aromatic nitrogens is 2. The molecule has 0 aliphatic heterocycles. The Hall–Kier alpha value is -1.65. The molecule has 0 amide bonds. The summed E-state index contributed by atoms with van der Waals surface area (Å²) in [5.74, 6) is -0.710. The van der Waals surface area contributed by atoms with Gasteiger partial charge >= 0.3 is 5.97 Å². The normalized spacial score (nSPS) is 11.3. The molecule has 0 bridgehead atoms. The lowest BCUT2D eigenvalue weighted by Gasteiger charge is -2.25. The third-order valence-electron chi connectivity index (χ3n) is 3.09. The Bertz CT molecular complexity index is 419. The van der Waals surface area contributed by atoms with Gasteiger partial charge in [0.05, 0.1) is 0 Å². The quantitative estimate of drug-likeness (QED) is 0.706. The van der Waals surface area contributed by atoms with E-state index in [4.69, 9.17) is 5.11 Å². The maximum Gasteiger partial charge on any atom is 0.358 e. The summed E-state index contributed by atoms with van der Waals surface area (Å²) < 4.78 is 0. The number of carbonyl (C=O) groups is 1. The molecule has 0 aromatic carbocycles. The summed E-state index contributed by atoms with van der Waals surface area (Å²) in [5.41, 5.74) is 0.0921. The van der Waals surface area contributed by atoms with E-state index in [1.165, 1.54) is 31.7 Å². The van der Waals surface area contributed by atoms with Gasteiger partial charge in [0.2, 0.25) is 0 Å². The molecule has 5 heteroatoms. The summed E-state index contributed by atoms with van der Waals surface area (Å²) in [5, 5.41) is 12.1. The monoisotopic (exact) mass is 265 g/mol. The molecule has 0 aliphatic rings. The Morgan fingerprint density at radius 3 is 2.63 bits per heavy atom. The minimum absolute atomic E-state index is 0.0214. The smallest absolute Gasteiger partial charge is 0.358 e. The molecule has 2 N–H and O–H groups in total. The van der Waals surface area contributed by atoms with Crippen LogP contribution in [0.5, 0.6) is 0 Å². The van der Waals surface area contributed by atoms with Crippen molar-refractivity contribution in [2.45, 2.75) is 46.5 Å². The number of hydrogen-bond donors (Lipinski definition) is 2. The Morgan fingerprint density at radius 1 is 1.32 bits per heavy atom. The summed E-state index contributed by atoms with van der Waals surface area (Å²) >= 11 is 0. The van der Waals surface area contributed by atoms with Crippen LogP contribution in [-0.4, -0.2) is 27.6 Å². The maximum absolute atomic E-state index is 11.0. The third-order valence-corrected chi connectivity index (χ3v) is 3.09. The van der Waals surface area contributed by atoms with Crippen molar-refractivity contribution < 1.29 is 9.90 Å². The van der Waals surface area contributed by atoms with Crippen LogP contribution in [-0.2, 0) is 0 Å². The van der Waals surface area contributed by atoms with Gasteiger partial charge in [0, 0.05) is 18.9 Å². The van der Waals surface area contributed by atoms with E-state index in [1.807, 2.05) is 0 Å². The van der Waals surface area contributed by atoms with Crippen molar-refractivity contribution in [1.29, 1.82) is 0 Å². The van der Waals surface area contributed by atoms with Crippen LogP contribution in [0.1, 0.15) is 56.9 Å². The zero-order chi connectivity index (χ0) is 14.3. The molecule has 0 saturated carbocycles. The molecule has 1 rings (SSSR count). The second kappa shape index (κ2) is 7.07. The van der Waals surface area contributed by atoms with Gasteiger partial charge in [-0.2, -0.15) is 0 Å². The van der Waals surface area contributed by atoms with Crippen molar-refractivity contribution in [2.75, 3.05) is 11.9 Å². The van der Waals surface area contributed by atoms with E-state index in [2.05, 4.69) is 36.1 Å². The lowest BCUT2D eigenvalue weighted by atomic mass is 9.87. The van der Waals surface area contributed by atoms with Crippen molar-refractivity contribution in [2.24, 2.45) is 5.41 Å². The van der Waals surface area contributed by atoms with Gasteiger partial charge in [-0.15, -0.1) is 0 Å². The minimum atomic E-state index is -1.06. The SMILES string of the molecule is CCCCCC(C)(C)CNc1nccnc1C(=O)O. The van der Waals surface area contributed by atoms with Crippen molar-refractivity contribution in [3.8, 4) is 0 Å². The Balaban J connectivity index is 2.58. The van der Waals surface area contributed by atoms with Crippen molar-refractivity contribution in [3.63, 3.8) is 0 Å². The summed E-state index contributed by atoms with van der Waals surface area (Å²) in [4.78, 5) is 18.9. The summed E-state index contributed by atoms with van der Waals surface area (Å²) in [6, 6.07) is 0. The van der Waals surface area contributed by atoms with Gasteiger partial charge in [-0.25, -0.2) is 14.8 Å². The van der Waals surface area contributed by atoms with Crippen LogP contribution in [0, 0.1) is 5.41 Å². The number of carboxylic acid groups (broad SMARTS) is 1. The third kappa shape index (κ3) is 5.24. The Morgan fingerprint density at radius 2 is 2.00 bits per heavy atom. The van der Waals surface area contributed by atoms with Gasteiger partial charge in [-0.3, -0.25) is 0 Å². The Kier molecular flexibility index (Phi) is 5.73. The maximum atomic E-state index is 11.0. The van der Waals surface area contributed by atoms with E-state index >= 15 is 0 Å².